The van der Waals surface area contributed by atoms with Crippen LogP contribution in [0.25, 0.3) is 0 Å². The van der Waals surface area contributed by atoms with Crippen LogP contribution in [0.4, 0.5) is 11.4 Å². The van der Waals surface area contributed by atoms with Gasteiger partial charge in [0.2, 0.25) is 0 Å². The van der Waals surface area contributed by atoms with Gasteiger partial charge >= 0.3 is 11.9 Å². The summed E-state index contributed by atoms with van der Waals surface area (Å²) < 4.78 is 26.7. The Hall–Kier alpha value is -2.61. The summed E-state index contributed by atoms with van der Waals surface area (Å²) in [6, 6.07) is 4.56. The number of unbranched alkanes of at least 4 members (excludes halogenated alkanes) is 26. The third-order valence-electron chi connectivity index (χ3n) is 13.8. The molecule has 0 saturated carbocycles. The van der Waals surface area contributed by atoms with E-state index in [9.17, 15) is 38.7 Å². The SMILES string of the molecule is CCCCCCCCCC(O)(CCCCCCCCC)C(C)(N(c1ccc(C)cc1[N+](=O)[O-])S(=O)O)C(O)(CCCCCCCCCCC(=O)O)CCCCCCCCCCC(=O)O. The smallest absolute Gasteiger partial charge is 0.303 e. The second-order valence-electron chi connectivity index (χ2n) is 19.1. The maximum atomic E-state index is 14.1. The van der Waals surface area contributed by atoms with Crippen molar-refractivity contribution >= 4 is 34.6 Å². The maximum Gasteiger partial charge on any atom is 0.303 e. The van der Waals surface area contributed by atoms with E-state index in [2.05, 4.69) is 13.8 Å². The van der Waals surface area contributed by atoms with Crippen molar-refractivity contribution < 1.29 is 43.7 Å². The molecule has 0 aromatic heterocycles. The normalized spacial score (nSPS) is 13.5. The standard InChI is InChI=1S/C51H92N2O10S/c1-5-7-9-11-19-25-31-39-50(58,40-32-26-20-12-10-8-6-2)49(4,52(64(62)63)45-38-37-44(3)43-46(45)53(60)61)51(59,41-33-27-21-15-13-17-23-29-35-47(54)55)42-34-28-22-16-14-18-24-30-36-48(56)57/h37-38,43,58-59H,5-36,39-42H2,1-4H3,(H,54,55)(H,56,57)(H,62,63). The fourth-order valence-electron chi connectivity index (χ4n) is 9.73. The highest BCUT2D eigenvalue weighted by Gasteiger charge is 2.63. The molecule has 0 aliphatic heterocycles. The van der Waals surface area contributed by atoms with Crippen LogP contribution in [0.2, 0.25) is 0 Å². The molecule has 1 aromatic carbocycles. The Kier molecular flexibility index (Phi) is 32.2. The van der Waals surface area contributed by atoms with E-state index in [4.69, 9.17) is 10.2 Å². The van der Waals surface area contributed by atoms with Gasteiger partial charge in [-0.05, 0) is 64.0 Å². The van der Waals surface area contributed by atoms with Crippen molar-refractivity contribution in [2.75, 3.05) is 4.31 Å². The van der Waals surface area contributed by atoms with Crippen molar-refractivity contribution in [1.29, 1.82) is 0 Å². The second kappa shape index (κ2) is 34.7. The molecule has 0 radical (unpaired) electrons. The highest BCUT2D eigenvalue weighted by atomic mass is 32.2. The van der Waals surface area contributed by atoms with Crippen LogP contribution in [0.3, 0.4) is 0 Å². The predicted molar refractivity (Wildman–Crippen MR) is 262 cm³/mol. The van der Waals surface area contributed by atoms with Gasteiger partial charge in [0.25, 0.3) is 17.0 Å². The highest BCUT2D eigenvalue weighted by Crippen LogP contribution is 2.52. The zero-order valence-electron chi connectivity index (χ0n) is 40.8. The Morgan fingerprint density at radius 2 is 0.875 bits per heavy atom. The Bertz CT molecular complexity index is 1390. The van der Waals surface area contributed by atoms with Gasteiger partial charge in [-0.3, -0.25) is 28.6 Å². The molecule has 0 bridgehead atoms. The van der Waals surface area contributed by atoms with Crippen molar-refractivity contribution in [1.82, 2.24) is 0 Å². The van der Waals surface area contributed by atoms with Crippen molar-refractivity contribution in [2.24, 2.45) is 0 Å². The van der Waals surface area contributed by atoms with E-state index in [1.165, 1.54) is 25.0 Å². The van der Waals surface area contributed by atoms with Crippen LogP contribution in [0, 0.1) is 17.0 Å². The zero-order valence-corrected chi connectivity index (χ0v) is 41.6. The van der Waals surface area contributed by atoms with Crippen LogP contribution in [0.15, 0.2) is 18.2 Å². The molecule has 2 unspecified atom stereocenters. The molecule has 64 heavy (non-hydrogen) atoms. The second-order valence-corrected chi connectivity index (χ2v) is 19.9. The number of anilines is 1. The van der Waals surface area contributed by atoms with Crippen molar-refractivity contribution in [3.8, 4) is 0 Å². The number of aliphatic carboxylic acids is 2. The number of hydrogen-bond donors (Lipinski definition) is 5. The Morgan fingerprint density at radius 1 is 0.578 bits per heavy atom. The Morgan fingerprint density at radius 3 is 1.16 bits per heavy atom. The lowest BCUT2D eigenvalue weighted by Gasteiger charge is -2.58. The van der Waals surface area contributed by atoms with Crippen LogP contribution in [-0.4, -0.2) is 62.8 Å². The lowest BCUT2D eigenvalue weighted by molar-refractivity contribution is -0.384. The minimum absolute atomic E-state index is 0.0966. The molecule has 1 aromatic rings. The van der Waals surface area contributed by atoms with Gasteiger partial charge in [-0.15, -0.1) is 0 Å². The van der Waals surface area contributed by atoms with E-state index < -0.39 is 44.9 Å². The number of rotatable bonds is 44. The van der Waals surface area contributed by atoms with E-state index in [1.807, 2.05) is 0 Å². The van der Waals surface area contributed by atoms with Gasteiger partial charge in [0, 0.05) is 18.9 Å². The third kappa shape index (κ3) is 22.7. The van der Waals surface area contributed by atoms with Crippen molar-refractivity contribution in [3.05, 3.63) is 33.9 Å². The molecule has 0 saturated heterocycles. The molecule has 13 heteroatoms. The van der Waals surface area contributed by atoms with Crippen LogP contribution in [-0.2, 0) is 20.9 Å². The number of carbonyl (C=O) groups is 2. The van der Waals surface area contributed by atoms with Gasteiger partial charge in [0.15, 0.2) is 0 Å². The summed E-state index contributed by atoms with van der Waals surface area (Å²) in [4.78, 5) is 34.0. The lowest BCUT2D eigenvalue weighted by Crippen LogP contribution is -2.74. The third-order valence-corrected chi connectivity index (χ3v) is 14.6. The van der Waals surface area contributed by atoms with E-state index in [1.54, 1.807) is 19.9 Å². The maximum absolute atomic E-state index is 14.1. The van der Waals surface area contributed by atoms with E-state index in [0.717, 1.165) is 146 Å². The average molecular weight is 925 g/mol. The van der Waals surface area contributed by atoms with Gasteiger partial charge < -0.3 is 20.4 Å². The first-order valence-corrected chi connectivity index (χ1v) is 26.7. The first kappa shape index (κ1) is 59.4. The first-order chi connectivity index (χ1) is 30.6. The van der Waals surface area contributed by atoms with E-state index in [-0.39, 0.29) is 49.9 Å². The summed E-state index contributed by atoms with van der Waals surface area (Å²) in [7, 11) is 0. The lowest BCUT2D eigenvalue weighted by atomic mass is 9.61. The van der Waals surface area contributed by atoms with Crippen molar-refractivity contribution in [2.45, 2.75) is 276 Å². The van der Waals surface area contributed by atoms with Gasteiger partial charge in [0.05, 0.1) is 16.1 Å². The molecule has 372 valence electrons. The van der Waals surface area contributed by atoms with Crippen LogP contribution < -0.4 is 4.31 Å². The molecular formula is C51H92N2O10S. The summed E-state index contributed by atoms with van der Waals surface area (Å²) in [6.45, 7) is 7.81. The highest BCUT2D eigenvalue weighted by molar-refractivity contribution is 7.80. The number of benzene rings is 1. The summed E-state index contributed by atoms with van der Waals surface area (Å²) >= 11 is -2.88. The van der Waals surface area contributed by atoms with Crippen LogP contribution in [0.1, 0.15) is 257 Å². The van der Waals surface area contributed by atoms with E-state index >= 15 is 0 Å². The Balaban J connectivity index is 3.74. The summed E-state index contributed by atoms with van der Waals surface area (Å²) in [5.74, 6) is -1.55. The van der Waals surface area contributed by atoms with E-state index in [0.29, 0.717) is 44.1 Å². The number of carboxylic acids is 2. The summed E-state index contributed by atoms with van der Waals surface area (Å²) in [6.07, 6.45) is 28.8. The van der Waals surface area contributed by atoms with Crippen LogP contribution in [0.5, 0.6) is 0 Å². The molecule has 0 amide bonds. The fourth-order valence-corrected chi connectivity index (χ4v) is 10.7. The molecule has 0 fully saturated rings. The molecule has 5 N–H and O–H groups in total. The minimum atomic E-state index is -2.88. The van der Waals surface area contributed by atoms with Gasteiger partial charge in [0.1, 0.15) is 11.2 Å². The topological polar surface area (TPSA) is 199 Å². The number of nitrogens with zero attached hydrogens (tertiary/aromatic N) is 2. The molecule has 0 aliphatic rings. The first-order valence-electron chi connectivity index (χ1n) is 25.6. The quantitative estimate of drug-likeness (QED) is 0.0182. The zero-order chi connectivity index (χ0) is 47.7. The number of hydrogen-bond acceptors (Lipinski definition) is 7. The van der Waals surface area contributed by atoms with Gasteiger partial charge in [-0.25, -0.2) is 4.21 Å². The molecule has 0 spiro atoms. The van der Waals surface area contributed by atoms with Gasteiger partial charge in [-0.2, -0.15) is 0 Å². The monoisotopic (exact) mass is 925 g/mol. The van der Waals surface area contributed by atoms with Crippen LogP contribution >= 0.6 is 0 Å². The number of nitro benzene ring substituents is 1. The number of aliphatic hydroxyl groups is 2. The Labute approximate surface area is 390 Å². The van der Waals surface area contributed by atoms with Crippen molar-refractivity contribution in [3.63, 3.8) is 0 Å². The molecular weight excluding hydrogens is 833 g/mol. The summed E-state index contributed by atoms with van der Waals surface area (Å²) in [5, 5.41) is 57.9. The summed E-state index contributed by atoms with van der Waals surface area (Å²) in [5.41, 5.74) is -5.08. The minimum Gasteiger partial charge on any atom is -0.481 e. The number of aryl methyl sites for hydroxylation is 1. The molecule has 12 nitrogen and oxygen atoms in total. The fraction of sp³-hybridized carbons (Fsp3) is 0.843. The number of carboxylic acid groups (broad SMARTS) is 2. The largest absolute Gasteiger partial charge is 0.481 e. The number of nitro groups is 1. The molecule has 2 atom stereocenters. The molecule has 0 aliphatic carbocycles. The van der Waals surface area contributed by atoms with Gasteiger partial charge in [-0.1, -0.05) is 200 Å². The molecule has 0 heterocycles. The molecule has 1 rings (SSSR count). The predicted octanol–water partition coefficient (Wildman–Crippen LogP) is 14.3. The average Bonchev–Trinajstić information content (AvgIpc) is 3.24.